The first-order valence-corrected chi connectivity index (χ1v) is 8.74. The summed E-state index contributed by atoms with van der Waals surface area (Å²) in [6, 6.07) is 12.3. The first-order chi connectivity index (χ1) is 10.9. The normalized spacial score (nSPS) is 12.7. The number of benzene rings is 2. The van der Waals surface area contributed by atoms with Crippen molar-refractivity contribution in [3.05, 3.63) is 63.4 Å². The van der Waals surface area contributed by atoms with E-state index >= 15 is 0 Å². The monoisotopic (exact) mass is 349 g/mol. The van der Waals surface area contributed by atoms with Crippen molar-refractivity contribution in [2.75, 3.05) is 0 Å². The molecule has 0 aliphatic heterocycles. The van der Waals surface area contributed by atoms with E-state index in [1.807, 2.05) is 0 Å². The van der Waals surface area contributed by atoms with Gasteiger partial charge in [-0.1, -0.05) is 29.5 Å². The maximum atomic E-state index is 12.3. The molecule has 0 saturated carbocycles. The van der Waals surface area contributed by atoms with E-state index in [0.29, 0.717) is 10.2 Å². The lowest BCUT2D eigenvalue weighted by Gasteiger charge is -1.98. The number of non-ortho nitro benzene ring substituents is 1. The Kier molecular flexibility index (Phi) is 3.74. The van der Waals surface area contributed by atoms with Crippen molar-refractivity contribution in [1.82, 2.24) is 4.57 Å². The molecule has 0 amide bonds. The third-order valence-electron chi connectivity index (χ3n) is 3.24. The summed E-state index contributed by atoms with van der Waals surface area (Å²) in [5, 5.41) is 10.8. The number of hydrogen-bond acceptors (Lipinski definition) is 5. The van der Waals surface area contributed by atoms with Crippen molar-refractivity contribution in [3.8, 4) is 0 Å². The van der Waals surface area contributed by atoms with Crippen molar-refractivity contribution in [3.63, 3.8) is 0 Å². The summed E-state index contributed by atoms with van der Waals surface area (Å²) in [5.41, 5.74) is 0.638. The van der Waals surface area contributed by atoms with Crippen LogP contribution in [0.15, 0.2) is 57.8 Å². The number of thiazole rings is 1. The summed E-state index contributed by atoms with van der Waals surface area (Å²) in [5.74, 6) is 0. The average molecular weight is 349 g/mol. The number of aromatic nitrogens is 1. The van der Waals surface area contributed by atoms with Crippen LogP contribution in [0.25, 0.3) is 10.2 Å². The quantitative estimate of drug-likeness (QED) is 0.536. The van der Waals surface area contributed by atoms with Gasteiger partial charge in [0.15, 0.2) is 0 Å². The second-order valence-electron chi connectivity index (χ2n) is 4.73. The van der Waals surface area contributed by atoms with Crippen LogP contribution in [0.3, 0.4) is 0 Å². The van der Waals surface area contributed by atoms with E-state index in [1.54, 1.807) is 35.9 Å². The molecule has 7 nitrogen and oxygen atoms in total. The van der Waals surface area contributed by atoms with Gasteiger partial charge in [-0.15, -0.1) is 4.40 Å². The lowest BCUT2D eigenvalue weighted by molar-refractivity contribution is -0.384. The van der Waals surface area contributed by atoms with Crippen molar-refractivity contribution >= 4 is 37.3 Å². The fourth-order valence-corrected chi connectivity index (χ4v) is 4.37. The van der Waals surface area contributed by atoms with Gasteiger partial charge < -0.3 is 4.57 Å². The number of sulfonamides is 1. The van der Waals surface area contributed by atoms with Gasteiger partial charge in [0.05, 0.1) is 20.0 Å². The van der Waals surface area contributed by atoms with Crippen molar-refractivity contribution < 1.29 is 13.3 Å². The van der Waals surface area contributed by atoms with Crippen LogP contribution in [-0.4, -0.2) is 17.9 Å². The maximum absolute atomic E-state index is 12.3. The molecule has 0 aliphatic rings. The predicted octanol–water partition coefficient (Wildman–Crippen LogP) is 2.44. The lowest BCUT2D eigenvalue weighted by Crippen LogP contribution is -2.13. The molecule has 0 saturated heterocycles. The zero-order chi connectivity index (χ0) is 16.6. The van der Waals surface area contributed by atoms with E-state index in [1.165, 1.54) is 24.3 Å². The fourth-order valence-electron chi connectivity index (χ4n) is 2.07. The molecule has 9 heteroatoms. The summed E-state index contributed by atoms with van der Waals surface area (Å²) >= 11 is 1.09. The van der Waals surface area contributed by atoms with Crippen LogP contribution in [0.2, 0.25) is 0 Å². The Morgan fingerprint density at radius 3 is 2.52 bits per heavy atom. The molecule has 0 unspecified atom stereocenters. The first kappa shape index (κ1) is 15.4. The summed E-state index contributed by atoms with van der Waals surface area (Å²) in [4.78, 5) is 10.7. The molecule has 0 N–H and O–H groups in total. The highest BCUT2D eigenvalue weighted by Crippen LogP contribution is 2.23. The molecule has 118 valence electrons. The number of nitro benzene ring substituents is 1. The van der Waals surface area contributed by atoms with Crippen LogP contribution in [0.4, 0.5) is 5.69 Å². The van der Waals surface area contributed by atoms with E-state index in [4.69, 9.17) is 0 Å². The van der Waals surface area contributed by atoms with Crippen LogP contribution in [0.1, 0.15) is 0 Å². The number of rotatable bonds is 3. The summed E-state index contributed by atoms with van der Waals surface area (Å²) in [6.45, 7) is 0. The van der Waals surface area contributed by atoms with Gasteiger partial charge in [-0.3, -0.25) is 10.1 Å². The third kappa shape index (κ3) is 2.88. The summed E-state index contributed by atoms with van der Waals surface area (Å²) in [7, 11) is -2.16. The Morgan fingerprint density at radius 1 is 1.17 bits per heavy atom. The van der Waals surface area contributed by atoms with Crippen LogP contribution in [-0.2, 0) is 17.1 Å². The molecular formula is C14H11N3O4S2. The van der Waals surface area contributed by atoms with Crippen LogP contribution < -0.4 is 4.80 Å². The predicted molar refractivity (Wildman–Crippen MR) is 86.6 cm³/mol. The number of nitrogens with zero attached hydrogens (tertiary/aromatic N) is 3. The van der Waals surface area contributed by atoms with Gasteiger partial charge in [0.1, 0.15) is 0 Å². The Balaban J connectivity index is 2.20. The second-order valence-corrected chi connectivity index (χ2v) is 7.35. The zero-order valence-electron chi connectivity index (χ0n) is 11.9. The van der Waals surface area contributed by atoms with Gasteiger partial charge >= 0.3 is 0 Å². The van der Waals surface area contributed by atoms with Crippen molar-refractivity contribution in [1.29, 1.82) is 0 Å². The van der Waals surface area contributed by atoms with E-state index in [9.17, 15) is 18.5 Å². The van der Waals surface area contributed by atoms with Gasteiger partial charge in [-0.05, 0) is 18.2 Å². The maximum Gasteiger partial charge on any atom is 0.285 e. The van der Waals surface area contributed by atoms with Crippen molar-refractivity contribution in [2.45, 2.75) is 4.90 Å². The Bertz CT molecular complexity index is 1070. The number of hydrogen-bond donors (Lipinski definition) is 0. The largest absolute Gasteiger partial charge is 0.319 e. The number of fused-ring (bicyclic) bond motifs is 1. The lowest BCUT2D eigenvalue weighted by atomic mass is 10.3. The second kappa shape index (κ2) is 5.60. The molecule has 23 heavy (non-hydrogen) atoms. The molecule has 3 aromatic rings. The van der Waals surface area contributed by atoms with Gasteiger partial charge in [-0.25, -0.2) is 0 Å². The molecule has 1 aromatic heterocycles. The smallest absolute Gasteiger partial charge is 0.285 e. The van der Waals surface area contributed by atoms with Gasteiger partial charge in [0.2, 0.25) is 4.80 Å². The highest BCUT2D eigenvalue weighted by Gasteiger charge is 2.14. The highest BCUT2D eigenvalue weighted by molar-refractivity contribution is 7.90. The van der Waals surface area contributed by atoms with E-state index in [0.717, 1.165) is 11.3 Å². The topological polar surface area (TPSA) is 94.6 Å². The van der Waals surface area contributed by atoms with E-state index in [2.05, 4.69) is 4.40 Å². The average Bonchev–Trinajstić information content (AvgIpc) is 2.83. The zero-order valence-corrected chi connectivity index (χ0v) is 13.5. The number of nitro groups is 1. The van der Waals surface area contributed by atoms with Crippen LogP contribution in [0, 0.1) is 10.1 Å². The highest BCUT2D eigenvalue weighted by atomic mass is 32.2. The first-order valence-electron chi connectivity index (χ1n) is 6.48. The Hall–Kier alpha value is -2.52. The number of aryl methyl sites for hydroxylation is 1. The molecule has 0 radical (unpaired) electrons. The minimum Gasteiger partial charge on any atom is -0.319 e. The molecule has 0 atom stereocenters. The molecule has 0 fully saturated rings. The molecule has 3 rings (SSSR count). The van der Waals surface area contributed by atoms with Gasteiger partial charge in [0, 0.05) is 19.2 Å². The van der Waals surface area contributed by atoms with Crippen molar-refractivity contribution in [2.24, 2.45) is 11.4 Å². The molecule has 0 aliphatic carbocycles. The molecule has 0 bridgehead atoms. The fraction of sp³-hybridized carbons (Fsp3) is 0.0714. The molecular weight excluding hydrogens is 338 g/mol. The van der Waals surface area contributed by atoms with E-state index in [-0.39, 0.29) is 15.4 Å². The van der Waals surface area contributed by atoms with Gasteiger partial charge in [0.25, 0.3) is 15.7 Å². The van der Waals surface area contributed by atoms with Crippen LogP contribution in [0.5, 0.6) is 0 Å². The SMILES string of the molecule is Cn1c(=NS(=O)(=O)c2ccccc2)sc2cc([N+](=O)[O-])ccc21. The Labute approximate surface area is 135 Å². The van der Waals surface area contributed by atoms with E-state index < -0.39 is 14.9 Å². The third-order valence-corrected chi connectivity index (χ3v) is 5.73. The summed E-state index contributed by atoms with van der Waals surface area (Å²) < 4.78 is 30.7. The Morgan fingerprint density at radius 2 is 1.87 bits per heavy atom. The minimum atomic E-state index is -3.83. The summed E-state index contributed by atoms with van der Waals surface area (Å²) in [6.07, 6.45) is 0. The van der Waals surface area contributed by atoms with Crippen LogP contribution >= 0.6 is 11.3 Å². The molecule has 1 heterocycles. The standard InChI is InChI=1S/C14H11N3O4S2/c1-16-12-8-7-10(17(18)19)9-13(12)22-14(16)15-23(20,21)11-5-3-2-4-6-11/h2-9H,1H3. The molecule has 0 spiro atoms. The molecule has 2 aromatic carbocycles. The minimum absolute atomic E-state index is 0.0446. The van der Waals surface area contributed by atoms with Gasteiger partial charge in [-0.2, -0.15) is 8.42 Å².